The third kappa shape index (κ3) is 2.91. The number of nitrogens with one attached hydrogen (secondary N) is 1. The van der Waals surface area contributed by atoms with Crippen LogP contribution in [0.4, 0.5) is 5.95 Å². The van der Waals surface area contributed by atoms with Crippen molar-refractivity contribution in [2.24, 2.45) is 0 Å². The van der Waals surface area contributed by atoms with Crippen LogP contribution in [0.15, 0.2) is 53.4 Å². The van der Waals surface area contributed by atoms with Crippen molar-refractivity contribution in [1.29, 1.82) is 0 Å². The Balaban J connectivity index is 1.73. The summed E-state index contributed by atoms with van der Waals surface area (Å²) in [5.41, 5.74) is 3.52. The molecule has 0 aliphatic heterocycles. The zero-order chi connectivity index (χ0) is 13.8. The number of benzene rings is 1. The molecule has 20 heavy (non-hydrogen) atoms. The van der Waals surface area contributed by atoms with Gasteiger partial charge < -0.3 is 5.32 Å². The third-order valence-electron chi connectivity index (χ3n) is 3.14. The highest BCUT2D eigenvalue weighted by Crippen LogP contribution is 2.16. The van der Waals surface area contributed by atoms with Crippen molar-refractivity contribution < 1.29 is 0 Å². The van der Waals surface area contributed by atoms with Gasteiger partial charge in [-0.1, -0.05) is 18.2 Å². The second kappa shape index (κ2) is 5.92. The van der Waals surface area contributed by atoms with E-state index in [0.29, 0.717) is 0 Å². The first-order chi connectivity index (χ1) is 9.83. The van der Waals surface area contributed by atoms with E-state index in [4.69, 9.17) is 0 Å². The molecule has 0 aliphatic carbocycles. The van der Waals surface area contributed by atoms with Gasteiger partial charge in [-0.25, -0.2) is 4.98 Å². The van der Waals surface area contributed by atoms with E-state index in [2.05, 4.69) is 50.0 Å². The molecule has 2 aromatic heterocycles. The number of thiophene rings is 1. The van der Waals surface area contributed by atoms with Crippen LogP contribution in [0.5, 0.6) is 0 Å². The van der Waals surface area contributed by atoms with Gasteiger partial charge in [-0.05, 0) is 47.9 Å². The molecule has 0 unspecified atom stereocenters. The van der Waals surface area contributed by atoms with Crippen LogP contribution in [-0.4, -0.2) is 16.1 Å². The van der Waals surface area contributed by atoms with Gasteiger partial charge in [0.05, 0.1) is 5.69 Å². The van der Waals surface area contributed by atoms with Crippen molar-refractivity contribution in [3.05, 3.63) is 64.6 Å². The number of imidazole rings is 1. The maximum absolute atomic E-state index is 4.56. The fourth-order valence-electron chi connectivity index (χ4n) is 2.16. The lowest BCUT2D eigenvalue weighted by molar-refractivity contribution is 0.965. The summed E-state index contributed by atoms with van der Waals surface area (Å²) in [6.45, 7) is 2.91. The molecule has 1 N–H and O–H groups in total. The Labute approximate surface area is 122 Å². The van der Waals surface area contributed by atoms with E-state index < -0.39 is 0 Å². The van der Waals surface area contributed by atoms with Gasteiger partial charge in [-0.3, -0.25) is 4.57 Å². The van der Waals surface area contributed by atoms with E-state index >= 15 is 0 Å². The Kier molecular flexibility index (Phi) is 3.83. The standard InChI is InChI=1S/C16H17N3S/c1-13-11-19(15-5-3-2-4-6-15)16(18-13)17-9-7-14-8-10-20-12-14/h2-6,8,10-12H,7,9H2,1H3,(H,17,18). The number of aromatic nitrogens is 2. The second-order valence-corrected chi connectivity index (χ2v) is 5.50. The SMILES string of the molecule is Cc1cn(-c2ccccc2)c(NCCc2ccsc2)n1. The fraction of sp³-hybridized carbons (Fsp3) is 0.188. The number of nitrogens with zero attached hydrogens (tertiary/aromatic N) is 2. The predicted molar refractivity (Wildman–Crippen MR) is 84.8 cm³/mol. The van der Waals surface area contributed by atoms with Gasteiger partial charge in [-0.2, -0.15) is 11.3 Å². The van der Waals surface area contributed by atoms with E-state index in [1.54, 1.807) is 11.3 Å². The van der Waals surface area contributed by atoms with E-state index in [1.165, 1.54) is 5.56 Å². The topological polar surface area (TPSA) is 29.9 Å². The molecule has 0 atom stereocenters. The monoisotopic (exact) mass is 283 g/mol. The van der Waals surface area contributed by atoms with Crippen LogP contribution in [0, 0.1) is 6.92 Å². The molecule has 0 saturated carbocycles. The van der Waals surface area contributed by atoms with E-state index in [1.807, 2.05) is 25.1 Å². The maximum Gasteiger partial charge on any atom is 0.207 e. The summed E-state index contributed by atoms with van der Waals surface area (Å²) in [6, 6.07) is 12.5. The van der Waals surface area contributed by atoms with Gasteiger partial charge in [0.2, 0.25) is 5.95 Å². The lowest BCUT2D eigenvalue weighted by Gasteiger charge is -2.09. The van der Waals surface area contributed by atoms with Crippen molar-refractivity contribution in [1.82, 2.24) is 9.55 Å². The van der Waals surface area contributed by atoms with Crippen molar-refractivity contribution in [3.8, 4) is 5.69 Å². The largest absolute Gasteiger partial charge is 0.355 e. The van der Waals surface area contributed by atoms with Crippen molar-refractivity contribution in [3.63, 3.8) is 0 Å². The first kappa shape index (κ1) is 12.9. The molecule has 3 aromatic rings. The first-order valence-electron chi connectivity index (χ1n) is 6.69. The molecule has 2 heterocycles. The molecular formula is C16H17N3S. The summed E-state index contributed by atoms with van der Waals surface area (Å²) in [7, 11) is 0. The van der Waals surface area contributed by atoms with E-state index in [-0.39, 0.29) is 0 Å². The highest BCUT2D eigenvalue weighted by atomic mass is 32.1. The van der Waals surface area contributed by atoms with Gasteiger partial charge in [0.25, 0.3) is 0 Å². The Morgan fingerprint density at radius 1 is 1.20 bits per heavy atom. The minimum atomic E-state index is 0.889. The van der Waals surface area contributed by atoms with Crippen LogP contribution < -0.4 is 5.32 Å². The van der Waals surface area contributed by atoms with Crippen LogP contribution in [0.1, 0.15) is 11.3 Å². The quantitative estimate of drug-likeness (QED) is 0.769. The second-order valence-electron chi connectivity index (χ2n) is 4.72. The average molecular weight is 283 g/mol. The van der Waals surface area contributed by atoms with Crippen LogP contribution in [0.2, 0.25) is 0 Å². The smallest absolute Gasteiger partial charge is 0.207 e. The van der Waals surface area contributed by atoms with Crippen molar-refractivity contribution in [2.75, 3.05) is 11.9 Å². The summed E-state index contributed by atoms with van der Waals surface area (Å²) in [5, 5.41) is 7.73. The zero-order valence-corrected chi connectivity index (χ0v) is 12.2. The van der Waals surface area contributed by atoms with Gasteiger partial charge in [0.15, 0.2) is 0 Å². The molecule has 4 heteroatoms. The Hall–Kier alpha value is -2.07. The summed E-state index contributed by atoms with van der Waals surface area (Å²) in [5.74, 6) is 0.906. The minimum Gasteiger partial charge on any atom is -0.355 e. The Morgan fingerprint density at radius 3 is 2.80 bits per heavy atom. The maximum atomic E-state index is 4.56. The molecule has 0 bridgehead atoms. The highest BCUT2D eigenvalue weighted by molar-refractivity contribution is 7.07. The lowest BCUT2D eigenvalue weighted by atomic mass is 10.2. The lowest BCUT2D eigenvalue weighted by Crippen LogP contribution is -2.09. The number of rotatable bonds is 5. The number of aryl methyl sites for hydroxylation is 1. The number of hydrogen-bond donors (Lipinski definition) is 1. The van der Waals surface area contributed by atoms with Gasteiger partial charge in [-0.15, -0.1) is 0 Å². The summed E-state index contributed by atoms with van der Waals surface area (Å²) in [6.07, 6.45) is 3.08. The number of para-hydroxylation sites is 1. The molecular weight excluding hydrogens is 266 g/mol. The molecule has 0 saturated heterocycles. The summed E-state index contributed by atoms with van der Waals surface area (Å²) in [4.78, 5) is 4.56. The molecule has 0 radical (unpaired) electrons. The minimum absolute atomic E-state index is 0.889. The van der Waals surface area contributed by atoms with Crippen LogP contribution in [-0.2, 0) is 6.42 Å². The average Bonchev–Trinajstić information content (AvgIpc) is 3.10. The van der Waals surface area contributed by atoms with Gasteiger partial charge in [0.1, 0.15) is 0 Å². The van der Waals surface area contributed by atoms with E-state index in [9.17, 15) is 0 Å². The van der Waals surface area contributed by atoms with E-state index in [0.717, 1.165) is 30.3 Å². The molecule has 3 rings (SSSR count). The number of anilines is 1. The number of hydrogen-bond acceptors (Lipinski definition) is 3. The first-order valence-corrected chi connectivity index (χ1v) is 7.63. The van der Waals surface area contributed by atoms with Gasteiger partial charge >= 0.3 is 0 Å². The Morgan fingerprint density at radius 2 is 2.05 bits per heavy atom. The fourth-order valence-corrected chi connectivity index (χ4v) is 2.86. The molecule has 0 amide bonds. The van der Waals surface area contributed by atoms with Crippen molar-refractivity contribution in [2.45, 2.75) is 13.3 Å². The van der Waals surface area contributed by atoms with Crippen LogP contribution >= 0.6 is 11.3 Å². The normalized spacial score (nSPS) is 10.7. The zero-order valence-electron chi connectivity index (χ0n) is 11.4. The van der Waals surface area contributed by atoms with Gasteiger partial charge in [0, 0.05) is 18.4 Å². The van der Waals surface area contributed by atoms with Crippen LogP contribution in [0.3, 0.4) is 0 Å². The molecule has 0 fully saturated rings. The highest BCUT2D eigenvalue weighted by Gasteiger charge is 2.06. The molecule has 3 nitrogen and oxygen atoms in total. The Bertz CT molecular complexity index is 656. The summed E-state index contributed by atoms with van der Waals surface area (Å²) < 4.78 is 2.10. The summed E-state index contributed by atoms with van der Waals surface area (Å²) >= 11 is 1.74. The molecule has 0 aliphatic rings. The predicted octanol–water partition coefficient (Wildman–Crippen LogP) is 3.90. The molecule has 0 spiro atoms. The third-order valence-corrected chi connectivity index (χ3v) is 3.87. The van der Waals surface area contributed by atoms with Crippen molar-refractivity contribution >= 4 is 17.3 Å². The molecule has 102 valence electrons. The molecule has 1 aromatic carbocycles. The van der Waals surface area contributed by atoms with Crippen LogP contribution in [0.25, 0.3) is 5.69 Å².